The van der Waals surface area contributed by atoms with Crippen molar-refractivity contribution in [3.63, 3.8) is 0 Å². The molecule has 6 nitrogen and oxygen atoms in total. The van der Waals surface area contributed by atoms with Crippen LogP contribution in [0.5, 0.6) is 0 Å². The minimum Gasteiger partial charge on any atom is -0.361 e. The zero-order chi connectivity index (χ0) is 20.9. The van der Waals surface area contributed by atoms with Crippen molar-refractivity contribution in [2.24, 2.45) is 0 Å². The topological polar surface area (TPSA) is 73.4 Å². The smallest absolute Gasteiger partial charge is 0.244 e. The molecule has 1 aliphatic rings. The molecule has 0 spiro atoms. The lowest BCUT2D eigenvalue weighted by Crippen LogP contribution is -2.40. The third-order valence-electron chi connectivity index (χ3n) is 5.58. The van der Waals surface area contributed by atoms with Gasteiger partial charge in [-0.2, -0.15) is 5.26 Å². The molecule has 1 amide bonds. The van der Waals surface area contributed by atoms with E-state index in [1.54, 1.807) is 12.1 Å². The van der Waals surface area contributed by atoms with Crippen molar-refractivity contribution in [2.45, 2.75) is 25.3 Å². The molecule has 30 heavy (non-hydrogen) atoms. The van der Waals surface area contributed by atoms with E-state index in [0.29, 0.717) is 12.1 Å². The summed E-state index contributed by atoms with van der Waals surface area (Å²) in [6.45, 7) is 1.50. The number of aromatic nitrogens is 1. The number of nitriles is 1. The minimum absolute atomic E-state index is 0.116. The molecular weight excluding hydrogens is 376 g/mol. The van der Waals surface area contributed by atoms with Crippen LogP contribution < -0.4 is 4.90 Å². The SMILES string of the molecule is CN(CCCc1cc(-c2ccccc2)no1)C1CCN(c2ccc(C#N)cc2)C1=O. The summed E-state index contributed by atoms with van der Waals surface area (Å²) in [6.07, 6.45) is 2.47. The molecule has 1 atom stereocenters. The van der Waals surface area contributed by atoms with E-state index < -0.39 is 0 Å². The van der Waals surface area contributed by atoms with Gasteiger partial charge >= 0.3 is 0 Å². The molecule has 0 N–H and O–H groups in total. The first-order valence-electron chi connectivity index (χ1n) is 10.2. The van der Waals surface area contributed by atoms with Crippen LogP contribution in [-0.2, 0) is 11.2 Å². The van der Waals surface area contributed by atoms with Crippen molar-refractivity contribution in [1.29, 1.82) is 5.26 Å². The van der Waals surface area contributed by atoms with Gasteiger partial charge in [-0.15, -0.1) is 0 Å². The number of anilines is 1. The van der Waals surface area contributed by atoms with Gasteiger partial charge in [0.2, 0.25) is 5.91 Å². The quantitative estimate of drug-likeness (QED) is 0.602. The normalized spacial score (nSPS) is 16.2. The van der Waals surface area contributed by atoms with E-state index in [1.807, 2.05) is 60.5 Å². The molecule has 0 saturated carbocycles. The Bertz CT molecular complexity index is 1040. The summed E-state index contributed by atoms with van der Waals surface area (Å²) >= 11 is 0. The maximum Gasteiger partial charge on any atom is 0.244 e. The molecule has 2 heterocycles. The first-order valence-corrected chi connectivity index (χ1v) is 10.2. The Labute approximate surface area is 176 Å². The number of amides is 1. The molecule has 1 aromatic heterocycles. The predicted molar refractivity (Wildman–Crippen MR) is 115 cm³/mol. The van der Waals surface area contributed by atoms with Gasteiger partial charge in [0, 0.05) is 30.3 Å². The zero-order valence-electron chi connectivity index (χ0n) is 17.0. The maximum absolute atomic E-state index is 12.9. The molecule has 2 aromatic carbocycles. The molecular formula is C24H24N4O2. The highest BCUT2D eigenvalue weighted by Gasteiger charge is 2.34. The van der Waals surface area contributed by atoms with Gasteiger partial charge in [0.05, 0.1) is 17.7 Å². The van der Waals surface area contributed by atoms with E-state index in [-0.39, 0.29) is 11.9 Å². The first-order chi connectivity index (χ1) is 14.7. The standard InChI is InChI=1S/C24H24N4O2/c1-27(14-5-8-21-16-22(26-30-21)19-6-3-2-4-7-19)23-13-15-28(24(23)29)20-11-9-18(17-25)10-12-20/h2-4,6-7,9-12,16,23H,5,8,13-15H2,1H3. The number of rotatable bonds is 7. The molecule has 0 bridgehead atoms. The van der Waals surface area contributed by atoms with Gasteiger partial charge in [-0.05, 0) is 50.7 Å². The summed E-state index contributed by atoms with van der Waals surface area (Å²) in [4.78, 5) is 16.8. The highest BCUT2D eigenvalue weighted by molar-refractivity contribution is 5.99. The van der Waals surface area contributed by atoms with Gasteiger partial charge in [0.25, 0.3) is 0 Å². The fourth-order valence-corrected chi connectivity index (χ4v) is 3.88. The lowest BCUT2D eigenvalue weighted by atomic mass is 10.1. The molecule has 152 valence electrons. The van der Waals surface area contributed by atoms with Gasteiger partial charge in [-0.3, -0.25) is 9.69 Å². The Morgan fingerprint density at radius 3 is 2.70 bits per heavy atom. The summed E-state index contributed by atoms with van der Waals surface area (Å²) in [7, 11) is 2.00. The van der Waals surface area contributed by atoms with Crippen molar-refractivity contribution in [2.75, 3.05) is 25.0 Å². The van der Waals surface area contributed by atoms with Crippen LogP contribution >= 0.6 is 0 Å². The van der Waals surface area contributed by atoms with Crippen molar-refractivity contribution in [3.05, 3.63) is 72.0 Å². The lowest BCUT2D eigenvalue weighted by molar-refractivity contribution is -0.121. The van der Waals surface area contributed by atoms with E-state index in [0.717, 1.165) is 48.5 Å². The van der Waals surface area contributed by atoms with Crippen molar-refractivity contribution in [3.8, 4) is 17.3 Å². The number of hydrogen-bond acceptors (Lipinski definition) is 5. The number of benzene rings is 2. The van der Waals surface area contributed by atoms with Gasteiger partial charge in [0.15, 0.2) is 0 Å². The summed E-state index contributed by atoms with van der Waals surface area (Å²) in [5, 5.41) is 13.1. The van der Waals surface area contributed by atoms with Crippen LogP contribution in [0.4, 0.5) is 5.69 Å². The Balaban J connectivity index is 1.29. The zero-order valence-corrected chi connectivity index (χ0v) is 17.0. The van der Waals surface area contributed by atoms with Gasteiger partial charge < -0.3 is 9.42 Å². The van der Waals surface area contributed by atoms with Crippen molar-refractivity contribution < 1.29 is 9.32 Å². The minimum atomic E-state index is -0.116. The second-order valence-corrected chi connectivity index (χ2v) is 7.58. The van der Waals surface area contributed by atoms with Crippen LogP contribution in [0.15, 0.2) is 65.2 Å². The molecule has 6 heteroatoms. The largest absolute Gasteiger partial charge is 0.361 e. The maximum atomic E-state index is 12.9. The third kappa shape index (κ3) is 4.27. The van der Waals surface area contributed by atoms with E-state index >= 15 is 0 Å². The highest BCUT2D eigenvalue weighted by Crippen LogP contribution is 2.25. The summed E-state index contributed by atoms with van der Waals surface area (Å²) in [6, 6.07) is 21.1. The lowest BCUT2D eigenvalue weighted by Gasteiger charge is -2.23. The van der Waals surface area contributed by atoms with Crippen molar-refractivity contribution >= 4 is 11.6 Å². The van der Waals surface area contributed by atoms with Gasteiger partial charge in [-0.25, -0.2) is 0 Å². The summed E-state index contributed by atoms with van der Waals surface area (Å²) < 4.78 is 5.47. The summed E-state index contributed by atoms with van der Waals surface area (Å²) in [5.41, 5.74) is 3.35. The fraction of sp³-hybridized carbons (Fsp3) is 0.292. The highest BCUT2D eigenvalue weighted by atomic mass is 16.5. The van der Waals surface area contributed by atoms with E-state index in [2.05, 4.69) is 16.1 Å². The second-order valence-electron chi connectivity index (χ2n) is 7.58. The average Bonchev–Trinajstić information content (AvgIpc) is 3.41. The van der Waals surface area contributed by atoms with Crippen LogP contribution in [0, 0.1) is 11.3 Å². The first kappa shape index (κ1) is 19.9. The van der Waals surface area contributed by atoms with E-state index in [1.165, 1.54) is 0 Å². The Hall–Kier alpha value is -3.43. The molecule has 1 saturated heterocycles. The summed E-state index contributed by atoms with van der Waals surface area (Å²) in [5.74, 6) is 0.979. The molecule has 1 fully saturated rings. The Morgan fingerprint density at radius 1 is 1.20 bits per heavy atom. The van der Waals surface area contributed by atoms with Crippen LogP contribution in [0.25, 0.3) is 11.3 Å². The molecule has 4 rings (SSSR count). The Kier molecular flexibility index (Phi) is 5.92. The van der Waals surface area contributed by atoms with Crippen LogP contribution in [0.3, 0.4) is 0 Å². The number of nitrogens with zero attached hydrogens (tertiary/aromatic N) is 4. The number of hydrogen-bond donors (Lipinski definition) is 0. The average molecular weight is 400 g/mol. The fourth-order valence-electron chi connectivity index (χ4n) is 3.88. The Morgan fingerprint density at radius 2 is 1.97 bits per heavy atom. The second kappa shape index (κ2) is 8.93. The number of carbonyl (C=O) groups is 1. The van der Waals surface area contributed by atoms with Crippen molar-refractivity contribution in [1.82, 2.24) is 10.1 Å². The van der Waals surface area contributed by atoms with Crippen LogP contribution in [0.1, 0.15) is 24.2 Å². The molecule has 0 radical (unpaired) electrons. The predicted octanol–water partition coefficient (Wildman–Crippen LogP) is 3.88. The number of likely N-dealkylation sites (N-methyl/N-ethyl adjacent to an activating group) is 1. The third-order valence-corrected chi connectivity index (χ3v) is 5.58. The van der Waals surface area contributed by atoms with E-state index in [4.69, 9.17) is 9.78 Å². The van der Waals surface area contributed by atoms with Crippen LogP contribution in [0.2, 0.25) is 0 Å². The molecule has 3 aromatic rings. The number of aryl methyl sites for hydroxylation is 1. The monoisotopic (exact) mass is 400 g/mol. The molecule has 1 unspecified atom stereocenters. The van der Waals surface area contributed by atoms with Gasteiger partial charge in [0.1, 0.15) is 11.5 Å². The molecule has 1 aliphatic heterocycles. The number of carbonyl (C=O) groups excluding carboxylic acids is 1. The van der Waals surface area contributed by atoms with Crippen LogP contribution in [-0.4, -0.2) is 42.1 Å². The molecule has 0 aliphatic carbocycles. The van der Waals surface area contributed by atoms with E-state index in [9.17, 15) is 4.79 Å². The van der Waals surface area contributed by atoms with Gasteiger partial charge in [-0.1, -0.05) is 35.5 Å².